The zero-order valence-corrected chi connectivity index (χ0v) is 14.5. The number of rotatable bonds is 6. The van der Waals surface area contributed by atoms with Crippen LogP contribution in [0.15, 0.2) is 48.5 Å². The SMILES string of the molecule is O=C([O-])c1cccc(CN2C(=O)S[C@H](Nc3ccccc3C(=O)[O-])C2=O)c1. The molecule has 2 amide bonds. The van der Waals surface area contributed by atoms with Gasteiger partial charge in [-0.05, 0) is 35.0 Å². The van der Waals surface area contributed by atoms with Crippen LogP contribution in [0.25, 0.3) is 0 Å². The number of para-hydroxylation sites is 1. The molecular weight excluding hydrogens is 372 g/mol. The van der Waals surface area contributed by atoms with Crippen molar-refractivity contribution in [3.05, 3.63) is 65.2 Å². The summed E-state index contributed by atoms with van der Waals surface area (Å²) in [6, 6.07) is 11.7. The molecule has 0 bridgehead atoms. The Morgan fingerprint density at radius 2 is 1.78 bits per heavy atom. The zero-order valence-electron chi connectivity index (χ0n) is 13.7. The minimum Gasteiger partial charge on any atom is -0.545 e. The molecule has 0 spiro atoms. The van der Waals surface area contributed by atoms with Gasteiger partial charge < -0.3 is 25.1 Å². The molecular formula is C18H12N2O6S-2. The normalized spacial score (nSPS) is 16.4. The van der Waals surface area contributed by atoms with Crippen molar-refractivity contribution in [2.75, 3.05) is 5.32 Å². The molecule has 1 atom stereocenters. The van der Waals surface area contributed by atoms with Crippen molar-refractivity contribution in [3.8, 4) is 0 Å². The molecule has 0 saturated carbocycles. The highest BCUT2D eigenvalue weighted by Gasteiger charge is 2.39. The lowest BCUT2D eigenvalue weighted by molar-refractivity contribution is -0.256. The Bertz CT molecular complexity index is 945. The van der Waals surface area contributed by atoms with Crippen molar-refractivity contribution in [1.29, 1.82) is 0 Å². The first-order valence-electron chi connectivity index (χ1n) is 7.76. The van der Waals surface area contributed by atoms with Crippen LogP contribution in [-0.4, -0.2) is 33.4 Å². The van der Waals surface area contributed by atoms with Crippen LogP contribution in [0.3, 0.4) is 0 Å². The van der Waals surface area contributed by atoms with Crippen molar-refractivity contribution >= 4 is 40.5 Å². The van der Waals surface area contributed by atoms with Gasteiger partial charge in [0.15, 0.2) is 5.37 Å². The van der Waals surface area contributed by atoms with Crippen LogP contribution in [0.1, 0.15) is 26.3 Å². The van der Waals surface area contributed by atoms with Crippen LogP contribution in [0.5, 0.6) is 0 Å². The lowest BCUT2D eigenvalue weighted by atomic mass is 10.1. The van der Waals surface area contributed by atoms with Crippen LogP contribution in [0.2, 0.25) is 0 Å². The van der Waals surface area contributed by atoms with Gasteiger partial charge in [-0.3, -0.25) is 14.5 Å². The molecule has 27 heavy (non-hydrogen) atoms. The Hall–Kier alpha value is -3.33. The number of benzene rings is 2. The van der Waals surface area contributed by atoms with Gasteiger partial charge in [-0.15, -0.1) is 0 Å². The lowest BCUT2D eigenvalue weighted by Gasteiger charge is -2.17. The van der Waals surface area contributed by atoms with Gasteiger partial charge in [0.05, 0.1) is 18.5 Å². The summed E-state index contributed by atoms with van der Waals surface area (Å²) in [6.07, 6.45) is 0. The first kappa shape index (κ1) is 18.5. The molecule has 1 fully saturated rings. The second-order valence-electron chi connectivity index (χ2n) is 5.65. The number of carboxylic acids is 2. The Labute approximate surface area is 157 Å². The predicted octanol–water partition coefficient (Wildman–Crippen LogP) is 0.0472. The summed E-state index contributed by atoms with van der Waals surface area (Å²) in [5.41, 5.74) is 0.432. The molecule has 1 heterocycles. The third-order valence-electron chi connectivity index (χ3n) is 3.87. The number of carbonyl (C=O) groups is 4. The van der Waals surface area contributed by atoms with Crippen molar-refractivity contribution in [1.82, 2.24) is 4.90 Å². The third-order valence-corrected chi connectivity index (χ3v) is 4.84. The number of aromatic carboxylic acids is 2. The summed E-state index contributed by atoms with van der Waals surface area (Å²) in [7, 11) is 0. The van der Waals surface area contributed by atoms with Crippen molar-refractivity contribution in [2.45, 2.75) is 11.9 Å². The van der Waals surface area contributed by atoms with Crippen LogP contribution < -0.4 is 15.5 Å². The first-order chi connectivity index (χ1) is 12.9. The second kappa shape index (κ2) is 7.50. The number of nitrogens with zero attached hydrogens (tertiary/aromatic N) is 1. The topological polar surface area (TPSA) is 130 Å². The molecule has 1 aliphatic rings. The Morgan fingerprint density at radius 3 is 2.48 bits per heavy atom. The van der Waals surface area contributed by atoms with E-state index < -0.39 is 28.5 Å². The Balaban J connectivity index is 1.77. The highest BCUT2D eigenvalue weighted by molar-refractivity contribution is 8.15. The van der Waals surface area contributed by atoms with E-state index in [4.69, 9.17) is 0 Å². The quantitative estimate of drug-likeness (QED) is 0.739. The van der Waals surface area contributed by atoms with Crippen LogP contribution in [0.4, 0.5) is 10.5 Å². The van der Waals surface area contributed by atoms with Gasteiger partial charge in [-0.1, -0.05) is 36.4 Å². The van der Waals surface area contributed by atoms with Gasteiger partial charge in [0.2, 0.25) is 0 Å². The number of hydrogen-bond acceptors (Lipinski definition) is 8. The molecule has 2 aromatic rings. The second-order valence-corrected chi connectivity index (χ2v) is 6.71. The van der Waals surface area contributed by atoms with Crippen molar-refractivity contribution in [3.63, 3.8) is 0 Å². The summed E-state index contributed by atoms with van der Waals surface area (Å²) in [4.78, 5) is 47.8. The first-order valence-corrected chi connectivity index (χ1v) is 8.64. The van der Waals surface area contributed by atoms with Crippen LogP contribution >= 0.6 is 11.8 Å². The van der Waals surface area contributed by atoms with E-state index in [1.54, 1.807) is 12.1 Å². The number of amides is 2. The molecule has 0 aliphatic carbocycles. The monoisotopic (exact) mass is 384 g/mol. The fraction of sp³-hybridized carbons (Fsp3) is 0.111. The maximum absolute atomic E-state index is 12.6. The Kier molecular flexibility index (Phi) is 5.13. The van der Waals surface area contributed by atoms with Crippen LogP contribution in [-0.2, 0) is 11.3 Å². The summed E-state index contributed by atoms with van der Waals surface area (Å²) < 4.78 is 0. The summed E-state index contributed by atoms with van der Waals surface area (Å²) >= 11 is 0.711. The number of imide groups is 1. The third kappa shape index (κ3) is 3.93. The average molecular weight is 384 g/mol. The summed E-state index contributed by atoms with van der Waals surface area (Å²) in [5.74, 6) is -3.32. The van der Waals surface area contributed by atoms with Gasteiger partial charge in [-0.2, -0.15) is 0 Å². The standard InChI is InChI=1S/C18H14N2O6S/c21-15-14(19-13-7-2-1-6-12(13)17(24)25)27-18(26)20(15)9-10-4-3-5-11(8-10)16(22)23/h1-8,14,19H,9H2,(H,22,23)(H,24,25)/p-2/t14-/m0/s1. The zero-order chi connectivity index (χ0) is 19.6. The minimum absolute atomic E-state index is 0.0585. The fourth-order valence-corrected chi connectivity index (χ4v) is 3.48. The van der Waals surface area contributed by atoms with Crippen molar-refractivity contribution in [2.24, 2.45) is 0 Å². The van der Waals surface area contributed by atoms with Crippen LogP contribution in [0, 0.1) is 0 Å². The number of hydrogen-bond donors (Lipinski definition) is 1. The van der Waals surface area contributed by atoms with E-state index in [1.807, 2.05) is 0 Å². The maximum Gasteiger partial charge on any atom is 0.291 e. The van der Waals surface area contributed by atoms with Gasteiger partial charge in [0, 0.05) is 11.3 Å². The van der Waals surface area contributed by atoms with E-state index in [0.717, 1.165) is 4.90 Å². The molecule has 0 unspecified atom stereocenters. The van der Waals surface area contributed by atoms with E-state index >= 15 is 0 Å². The fourth-order valence-electron chi connectivity index (χ4n) is 2.59. The molecule has 1 N–H and O–H groups in total. The van der Waals surface area contributed by atoms with Gasteiger partial charge in [-0.25, -0.2) is 0 Å². The van der Waals surface area contributed by atoms with E-state index in [2.05, 4.69) is 5.32 Å². The lowest BCUT2D eigenvalue weighted by Crippen LogP contribution is -2.34. The number of nitrogens with one attached hydrogen (secondary N) is 1. The molecule has 2 aromatic carbocycles. The highest BCUT2D eigenvalue weighted by atomic mass is 32.2. The minimum atomic E-state index is -1.41. The maximum atomic E-state index is 12.6. The average Bonchev–Trinajstić information content (AvgIpc) is 2.89. The molecule has 1 saturated heterocycles. The van der Waals surface area contributed by atoms with E-state index in [-0.39, 0.29) is 23.4 Å². The highest BCUT2D eigenvalue weighted by Crippen LogP contribution is 2.30. The van der Waals surface area contributed by atoms with Gasteiger partial charge in [0.25, 0.3) is 11.1 Å². The number of carbonyl (C=O) groups excluding carboxylic acids is 4. The molecule has 138 valence electrons. The van der Waals surface area contributed by atoms with Gasteiger partial charge >= 0.3 is 0 Å². The van der Waals surface area contributed by atoms with E-state index in [1.165, 1.54) is 36.4 Å². The molecule has 8 nitrogen and oxygen atoms in total. The largest absolute Gasteiger partial charge is 0.545 e. The van der Waals surface area contributed by atoms with E-state index in [0.29, 0.717) is 17.3 Å². The van der Waals surface area contributed by atoms with E-state index in [9.17, 15) is 29.4 Å². The number of carboxylic acid groups (broad SMARTS) is 2. The molecule has 9 heteroatoms. The summed E-state index contributed by atoms with van der Waals surface area (Å²) in [6.45, 7) is -0.105. The molecule has 1 aliphatic heterocycles. The molecule has 0 aromatic heterocycles. The summed E-state index contributed by atoms with van der Waals surface area (Å²) in [5, 5.41) is 23.3. The molecule has 3 rings (SSSR count). The van der Waals surface area contributed by atoms with Crippen molar-refractivity contribution < 1.29 is 29.4 Å². The Morgan fingerprint density at radius 1 is 1.04 bits per heavy atom. The van der Waals surface area contributed by atoms with Gasteiger partial charge in [0.1, 0.15) is 0 Å². The predicted molar refractivity (Wildman–Crippen MR) is 92.5 cm³/mol. The number of thioether (sulfide) groups is 1. The number of anilines is 1. The smallest absolute Gasteiger partial charge is 0.291 e. The molecule has 0 radical (unpaired) electrons.